The van der Waals surface area contributed by atoms with Gasteiger partial charge in [0.05, 0.1) is 17.2 Å². The van der Waals surface area contributed by atoms with Gasteiger partial charge in [0.1, 0.15) is 17.4 Å². The van der Waals surface area contributed by atoms with Crippen molar-refractivity contribution in [1.29, 1.82) is 0 Å². The number of ether oxygens (including phenoxy) is 1. The molecule has 0 unspecified atom stereocenters. The number of hydrogen-bond acceptors (Lipinski definition) is 9. The summed E-state index contributed by atoms with van der Waals surface area (Å²) in [5.41, 5.74) is 1.67. The second-order valence-corrected chi connectivity index (χ2v) is 6.94. The van der Waals surface area contributed by atoms with Gasteiger partial charge in [0.2, 0.25) is 5.95 Å². The van der Waals surface area contributed by atoms with E-state index < -0.39 is 4.92 Å². The van der Waals surface area contributed by atoms with Crippen LogP contribution in [0.15, 0.2) is 36.8 Å². The van der Waals surface area contributed by atoms with Crippen molar-refractivity contribution in [3.05, 3.63) is 46.9 Å². The van der Waals surface area contributed by atoms with Crippen LogP contribution in [-0.4, -0.2) is 44.1 Å². The first kappa shape index (κ1) is 18.9. The van der Waals surface area contributed by atoms with Crippen LogP contribution in [0.2, 0.25) is 0 Å². The highest BCUT2D eigenvalue weighted by molar-refractivity contribution is 5.87. The second kappa shape index (κ2) is 8.31. The van der Waals surface area contributed by atoms with E-state index in [4.69, 9.17) is 4.74 Å². The van der Waals surface area contributed by atoms with Crippen LogP contribution in [0.3, 0.4) is 0 Å². The summed E-state index contributed by atoms with van der Waals surface area (Å²) >= 11 is 0. The second-order valence-electron chi connectivity index (χ2n) is 6.94. The van der Waals surface area contributed by atoms with Crippen LogP contribution < -0.4 is 10.6 Å². The van der Waals surface area contributed by atoms with Gasteiger partial charge in [-0.2, -0.15) is 0 Å². The fraction of sp³-hybridized carbons (Fsp3) is 0.368. The molecule has 1 aliphatic carbocycles. The first-order chi connectivity index (χ1) is 14.1. The Labute approximate surface area is 166 Å². The molecular formula is C19H21N7O3. The van der Waals surface area contributed by atoms with Gasteiger partial charge in [0, 0.05) is 31.0 Å². The smallest absolute Gasteiger partial charge is 0.271 e. The molecule has 2 N–H and O–H groups in total. The third kappa shape index (κ3) is 4.37. The average Bonchev–Trinajstić information content (AvgIpc) is 2.75. The monoisotopic (exact) mass is 395 g/mol. The van der Waals surface area contributed by atoms with E-state index in [-0.39, 0.29) is 11.7 Å². The van der Waals surface area contributed by atoms with Gasteiger partial charge >= 0.3 is 0 Å². The third-order valence-electron chi connectivity index (χ3n) is 5.04. The van der Waals surface area contributed by atoms with Gasteiger partial charge in [-0.05, 0) is 31.7 Å². The molecule has 1 fully saturated rings. The minimum atomic E-state index is -0.439. The van der Waals surface area contributed by atoms with E-state index in [1.807, 2.05) is 0 Å². The predicted octanol–water partition coefficient (Wildman–Crippen LogP) is 3.44. The number of hydrogen-bond donors (Lipinski definition) is 2. The summed E-state index contributed by atoms with van der Waals surface area (Å²) in [6.07, 6.45) is 7.36. The number of fused-ring (bicyclic) bond motifs is 1. The SMILES string of the molecule is COC1CCC(Nc2ncc3ncnc(Nc4cccc([N+](=O)[O-])c4)c3n2)CC1. The van der Waals surface area contributed by atoms with Crippen LogP contribution in [0.1, 0.15) is 25.7 Å². The molecule has 2 heterocycles. The number of nitro benzene ring substituents is 1. The topological polar surface area (TPSA) is 128 Å². The minimum absolute atomic E-state index is 0.00277. The number of benzene rings is 1. The van der Waals surface area contributed by atoms with E-state index in [9.17, 15) is 10.1 Å². The molecule has 4 rings (SSSR count). The fourth-order valence-electron chi connectivity index (χ4n) is 3.47. The lowest BCUT2D eigenvalue weighted by Crippen LogP contribution is -2.29. The zero-order valence-corrected chi connectivity index (χ0v) is 15.9. The maximum atomic E-state index is 11.0. The lowest BCUT2D eigenvalue weighted by molar-refractivity contribution is -0.384. The maximum absolute atomic E-state index is 11.0. The van der Waals surface area contributed by atoms with E-state index in [1.165, 1.54) is 18.5 Å². The summed E-state index contributed by atoms with van der Waals surface area (Å²) in [6.45, 7) is 0. The predicted molar refractivity (Wildman–Crippen MR) is 108 cm³/mol. The number of anilines is 3. The zero-order valence-electron chi connectivity index (χ0n) is 15.9. The standard InChI is InChI=1S/C19H21N7O3/c1-29-15-7-5-12(6-8-15)24-19-20-10-16-17(25-19)18(22-11-21-16)23-13-3-2-4-14(9-13)26(27)28/h2-4,9-12,15H,5-8H2,1H3,(H,20,24,25)(H,21,22,23). The first-order valence-electron chi connectivity index (χ1n) is 9.41. The molecule has 2 aromatic heterocycles. The number of methoxy groups -OCH3 is 1. The summed E-state index contributed by atoms with van der Waals surface area (Å²) in [5, 5.41) is 17.5. The Balaban J connectivity index is 1.56. The third-order valence-corrected chi connectivity index (χ3v) is 5.04. The largest absolute Gasteiger partial charge is 0.381 e. The molecule has 1 aromatic carbocycles. The van der Waals surface area contributed by atoms with Crippen LogP contribution in [0.25, 0.3) is 11.0 Å². The van der Waals surface area contributed by atoms with Gasteiger partial charge in [0.15, 0.2) is 5.82 Å². The molecule has 150 valence electrons. The van der Waals surface area contributed by atoms with Crippen molar-refractivity contribution in [1.82, 2.24) is 19.9 Å². The Morgan fingerprint density at radius 1 is 1.17 bits per heavy atom. The molecule has 3 aromatic rings. The summed E-state index contributed by atoms with van der Waals surface area (Å²) in [5.74, 6) is 0.972. The summed E-state index contributed by atoms with van der Waals surface area (Å²) in [6, 6.07) is 6.52. The molecule has 0 amide bonds. The summed E-state index contributed by atoms with van der Waals surface area (Å²) in [7, 11) is 1.75. The average molecular weight is 395 g/mol. The number of nitrogens with one attached hydrogen (secondary N) is 2. The van der Waals surface area contributed by atoms with Crippen LogP contribution in [0.4, 0.5) is 23.1 Å². The van der Waals surface area contributed by atoms with Gasteiger partial charge in [-0.25, -0.2) is 19.9 Å². The molecule has 29 heavy (non-hydrogen) atoms. The number of aromatic nitrogens is 4. The van der Waals surface area contributed by atoms with Crippen molar-refractivity contribution >= 4 is 34.2 Å². The number of nitro groups is 1. The molecule has 0 spiro atoms. The van der Waals surface area contributed by atoms with Crippen LogP contribution >= 0.6 is 0 Å². The van der Waals surface area contributed by atoms with Crippen molar-refractivity contribution in [2.75, 3.05) is 17.7 Å². The van der Waals surface area contributed by atoms with Crippen molar-refractivity contribution < 1.29 is 9.66 Å². The molecule has 10 heteroatoms. The zero-order chi connectivity index (χ0) is 20.2. The Kier molecular flexibility index (Phi) is 5.43. The fourth-order valence-corrected chi connectivity index (χ4v) is 3.47. The van der Waals surface area contributed by atoms with Gasteiger partial charge < -0.3 is 15.4 Å². The molecule has 0 bridgehead atoms. The van der Waals surface area contributed by atoms with E-state index in [0.29, 0.717) is 34.6 Å². The lowest BCUT2D eigenvalue weighted by atomic mass is 9.93. The molecule has 0 atom stereocenters. The maximum Gasteiger partial charge on any atom is 0.271 e. The van der Waals surface area contributed by atoms with Gasteiger partial charge in [0.25, 0.3) is 5.69 Å². The van der Waals surface area contributed by atoms with Crippen LogP contribution in [0, 0.1) is 10.1 Å². The molecule has 0 radical (unpaired) electrons. The van der Waals surface area contributed by atoms with Crippen LogP contribution in [-0.2, 0) is 4.74 Å². The van der Waals surface area contributed by atoms with Crippen molar-refractivity contribution in [2.24, 2.45) is 0 Å². The number of nitrogens with zero attached hydrogens (tertiary/aromatic N) is 5. The Morgan fingerprint density at radius 3 is 2.76 bits per heavy atom. The first-order valence-corrected chi connectivity index (χ1v) is 9.41. The van der Waals surface area contributed by atoms with Gasteiger partial charge in [-0.15, -0.1) is 0 Å². The highest BCUT2D eigenvalue weighted by Gasteiger charge is 2.21. The Bertz CT molecular complexity index is 1020. The Hall–Kier alpha value is -3.40. The van der Waals surface area contributed by atoms with E-state index in [1.54, 1.807) is 25.4 Å². The van der Waals surface area contributed by atoms with E-state index in [2.05, 4.69) is 30.6 Å². The van der Waals surface area contributed by atoms with Crippen LogP contribution in [0.5, 0.6) is 0 Å². The summed E-state index contributed by atoms with van der Waals surface area (Å²) in [4.78, 5) is 28.0. The van der Waals surface area contributed by atoms with E-state index in [0.717, 1.165) is 25.7 Å². The molecule has 0 saturated heterocycles. The number of non-ortho nitro benzene ring substituents is 1. The summed E-state index contributed by atoms with van der Waals surface area (Å²) < 4.78 is 5.42. The van der Waals surface area contributed by atoms with Gasteiger partial charge in [-0.1, -0.05) is 6.07 Å². The molecular weight excluding hydrogens is 374 g/mol. The molecule has 0 aliphatic heterocycles. The quantitative estimate of drug-likeness (QED) is 0.476. The van der Waals surface area contributed by atoms with Gasteiger partial charge in [-0.3, -0.25) is 10.1 Å². The molecule has 1 saturated carbocycles. The highest BCUT2D eigenvalue weighted by atomic mass is 16.6. The van der Waals surface area contributed by atoms with Crippen molar-refractivity contribution in [3.8, 4) is 0 Å². The molecule has 10 nitrogen and oxygen atoms in total. The van der Waals surface area contributed by atoms with Crippen molar-refractivity contribution in [2.45, 2.75) is 37.8 Å². The van der Waals surface area contributed by atoms with Crippen molar-refractivity contribution in [3.63, 3.8) is 0 Å². The normalized spacial score (nSPS) is 19.1. The lowest BCUT2D eigenvalue weighted by Gasteiger charge is -2.28. The molecule has 1 aliphatic rings. The highest BCUT2D eigenvalue weighted by Crippen LogP contribution is 2.26. The van der Waals surface area contributed by atoms with E-state index >= 15 is 0 Å². The minimum Gasteiger partial charge on any atom is -0.381 e. The number of rotatable bonds is 6. The Morgan fingerprint density at radius 2 is 2.00 bits per heavy atom.